The summed E-state index contributed by atoms with van der Waals surface area (Å²) in [6.07, 6.45) is 0.853. The predicted octanol–water partition coefficient (Wildman–Crippen LogP) is 5.30. The maximum Gasteiger partial charge on any atom is 0.333 e. The molecule has 2 aromatic rings. The molecule has 0 saturated heterocycles. The van der Waals surface area contributed by atoms with Crippen LogP contribution < -0.4 is 14.8 Å². The van der Waals surface area contributed by atoms with Crippen LogP contribution in [0.25, 0.3) is 0 Å². The van der Waals surface area contributed by atoms with Crippen molar-refractivity contribution < 1.29 is 28.9 Å². The molecule has 198 valence electrons. The maximum absolute atomic E-state index is 12.6. The SMILES string of the molecule is CCCNC(=O)N(CCCOc1cc(Cl)cc(Cl)c1)CCOc1ccc(CC(OCC)C(=O)O)cc1. The van der Waals surface area contributed by atoms with Crippen LogP contribution >= 0.6 is 23.2 Å². The van der Waals surface area contributed by atoms with Crippen LogP contribution in [0.1, 0.15) is 32.3 Å². The van der Waals surface area contributed by atoms with Gasteiger partial charge in [0.1, 0.15) is 18.1 Å². The van der Waals surface area contributed by atoms with Crippen LogP contribution in [0.2, 0.25) is 10.0 Å². The molecule has 1 atom stereocenters. The highest BCUT2D eigenvalue weighted by Crippen LogP contribution is 2.24. The van der Waals surface area contributed by atoms with Gasteiger partial charge in [-0.25, -0.2) is 9.59 Å². The fourth-order valence-corrected chi connectivity index (χ4v) is 3.85. The largest absolute Gasteiger partial charge is 0.493 e. The van der Waals surface area contributed by atoms with Crippen LogP contribution in [-0.4, -0.2) is 67.6 Å². The first-order chi connectivity index (χ1) is 17.3. The Morgan fingerprint density at radius 2 is 1.64 bits per heavy atom. The van der Waals surface area contributed by atoms with Gasteiger partial charge in [-0.05, 0) is 55.7 Å². The average molecular weight is 541 g/mol. The molecule has 2 N–H and O–H groups in total. The van der Waals surface area contributed by atoms with Crippen molar-refractivity contribution in [1.29, 1.82) is 0 Å². The first-order valence-corrected chi connectivity index (χ1v) is 12.8. The molecule has 2 aromatic carbocycles. The molecule has 0 aliphatic heterocycles. The third kappa shape index (κ3) is 10.9. The van der Waals surface area contributed by atoms with Crippen LogP contribution in [-0.2, 0) is 16.0 Å². The lowest BCUT2D eigenvalue weighted by atomic mass is 10.1. The molecule has 1 unspecified atom stereocenters. The summed E-state index contributed by atoms with van der Waals surface area (Å²) in [7, 11) is 0. The molecule has 0 spiro atoms. The second-order valence-electron chi connectivity index (χ2n) is 8.00. The van der Waals surface area contributed by atoms with E-state index in [1.165, 1.54) is 0 Å². The van der Waals surface area contributed by atoms with Gasteiger partial charge in [0.25, 0.3) is 0 Å². The van der Waals surface area contributed by atoms with Gasteiger partial charge in [-0.3, -0.25) is 0 Å². The number of nitrogens with zero attached hydrogens (tertiary/aromatic N) is 1. The lowest BCUT2D eigenvalue weighted by Gasteiger charge is -2.23. The number of carboxylic acid groups (broad SMARTS) is 1. The van der Waals surface area contributed by atoms with Crippen LogP contribution in [0.15, 0.2) is 42.5 Å². The van der Waals surface area contributed by atoms with Crippen LogP contribution in [0.4, 0.5) is 4.79 Å². The van der Waals surface area contributed by atoms with E-state index in [2.05, 4.69) is 5.32 Å². The Hall–Kier alpha value is -2.68. The molecule has 8 nitrogen and oxygen atoms in total. The Morgan fingerprint density at radius 3 is 2.25 bits per heavy atom. The molecule has 2 rings (SSSR count). The molecule has 36 heavy (non-hydrogen) atoms. The number of hydrogen-bond acceptors (Lipinski definition) is 5. The number of carbonyl (C=O) groups excluding carboxylic acids is 1. The minimum atomic E-state index is -0.986. The van der Waals surface area contributed by atoms with Crippen molar-refractivity contribution in [3.05, 3.63) is 58.1 Å². The highest BCUT2D eigenvalue weighted by atomic mass is 35.5. The zero-order valence-electron chi connectivity index (χ0n) is 20.7. The van der Waals surface area contributed by atoms with E-state index < -0.39 is 12.1 Å². The zero-order valence-corrected chi connectivity index (χ0v) is 22.2. The van der Waals surface area contributed by atoms with E-state index in [0.717, 1.165) is 12.0 Å². The topological polar surface area (TPSA) is 97.3 Å². The quantitative estimate of drug-likeness (QED) is 0.280. The molecular weight excluding hydrogens is 507 g/mol. The predicted molar refractivity (Wildman–Crippen MR) is 141 cm³/mol. The number of urea groups is 1. The van der Waals surface area contributed by atoms with Gasteiger partial charge in [0.05, 0.1) is 13.2 Å². The number of amides is 2. The minimum absolute atomic E-state index is 0.155. The molecule has 0 heterocycles. The summed E-state index contributed by atoms with van der Waals surface area (Å²) >= 11 is 12.0. The number of hydrogen-bond donors (Lipinski definition) is 2. The number of halogens is 2. The lowest BCUT2D eigenvalue weighted by Crippen LogP contribution is -2.43. The molecular formula is C26H34Cl2N2O6. The Morgan fingerprint density at radius 1 is 0.972 bits per heavy atom. The molecule has 0 aliphatic carbocycles. The second kappa shape index (κ2) is 16.1. The first-order valence-electron chi connectivity index (χ1n) is 12.0. The van der Waals surface area contributed by atoms with Gasteiger partial charge in [-0.1, -0.05) is 42.3 Å². The van der Waals surface area contributed by atoms with Crippen molar-refractivity contribution in [3.8, 4) is 11.5 Å². The summed E-state index contributed by atoms with van der Waals surface area (Å²) in [5.41, 5.74) is 0.838. The van der Waals surface area contributed by atoms with E-state index in [0.29, 0.717) is 67.4 Å². The highest BCUT2D eigenvalue weighted by molar-refractivity contribution is 6.34. The Balaban J connectivity index is 1.84. The van der Waals surface area contributed by atoms with Gasteiger partial charge < -0.3 is 29.5 Å². The Labute approximate surface area is 222 Å². The molecule has 0 fully saturated rings. The normalized spacial score (nSPS) is 11.6. The van der Waals surface area contributed by atoms with E-state index in [1.54, 1.807) is 42.2 Å². The van der Waals surface area contributed by atoms with Crippen molar-refractivity contribution in [2.24, 2.45) is 0 Å². The number of benzene rings is 2. The number of ether oxygens (including phenoxy) is 3. The second-order valence-corrected chi connectivity index (χ2v) is 8.88. The van der Waals surface area contributed by atoms with Crippen molar-refractivity contribution in [2.75, 3.05) is 39.5 Å². The number of nitrogens with one attached hydrogen (secondary N) is 1. The number of carboxylic acids is 1. The Bertz CT molecular complexity index is 938. The summed E-state index contributed by atoms with van der Waals surface area (Å²) in [5, 5.41) is 13.1. The highest BCUT2D eigenvalue weighted by Gasteiger charge is 2.18. The summed E-state index contributed by atoms with van der Waals surface area (Å²) in [4.78, 5) is 25.5. The van der Waals surface area contributed by atoms with Gasteiger partial charge in [0, 0.05) is 36.2 Å². The lowest BCUT2D eigenvalue weighted by molar-refractivity contribution is -0.149. The summed E-state index contributed by atoms with van der Waals surface area (Å²) in [5.74, 6) is 0.231. The van der Waals surface area contributed by atoms with Crippen molar-refractivity contribution >= 4 is 35.2 Å². The van der Waals surface area contributed by atoms with Crippen molar-refractivity contribution in [1.82, 2.24) is 10.2 Å². The van der Waals surface area contributed by atoms with Gasteiger partial charge in [0.2, 0.25) is 0 Å². The number of aliphatic carboxylic acids is 1. The third-order valence-corrected chi connectivity index (χ3v) is 5.54. The number of carbonyl (C=O) groups is 2. The Kier molecular flexibility index (Phi) is 13.2. The molecule has 0 aromatic heterocycles. The third-order valence-electron chi connectivity index (χ3n) is 5.11. The van der Waals surface area contributed by atoms with Gasteiger partial charge >= 0.3 is 12.0 Å². The van der Waals surface area contributed by atoms with Crippen molar-refractivity contribution in [2.45, 2.75) is 39.2 Å². The van der Waals surface area contributed by atoms with E-state index in [4.69, 9.17) is 37.4 Å². The molecule has 0 radical (unpaired) electrons. The monoisotopic (exact) mass is 540 g/mol. The molecule has 0 bridgehead atoms. The van der Waals surface area contributed by atoms with Crippen molar-refractivity contribution in [3.63, 3.8) is 0 Å². The fraction of sp³-hybridized carbons (Fsp3) is 0.462. The fourth-order valence-electron chi connectivity index (χ4n) is 3.34. The van der Waals surface area contributed by atoms with E-state index in [9.17, 15) is 14.7 Å². The number of rotatable bonds is 16. The minimum Gasteiger partial charge on any atom is -0.493 e. The van der Waals surface area contributed by atoms with E-state index >= 15 is 0 Å². The van der Waals surface area contributed by atoms with Gasteiger partial charge in [-0.2, -0.15) is 0 Å². The van der Waals surface area contributed by atoms with Gasteiger partial charge in [0.15, 0.2) is 6.10 Å². The standard InChI is InChI=1S/C26H34Cl2N2O6/c1-3-10-29-26(33)30(11-5-13-35-23-17-20(27)16-21(28)18-23)12-14-36-22-8-6-19(7-9-22)15-24(25(31)32)34-4-2/h6-9,16-18,24H,3-5,10-15H2,1-2H3,(H,29,33)(H,31,32). The summed E-state index contributed by atoms with van der Waals surface area (Å²) < 4.78 is 16.8. The molecule has 2 amide bonds. The summed E-state index contributed by atoms with van der Waals surface area (Å²) in [6, 6.07) is 12.1. The molecule has 10 heteroatoms. The van der Waals surface area contributed by atoms with Crippen LogP contribution in [0.5, 0.6) is 11.5 Å². The molecule has 0 saturated carbocycles. The summed E-state index contributed by atoms with van der Waals surface area (Å²) in [6.45, 7) is 6.27. The van der Waals surface area contributed by atoms with Gasteiger partial charge in [-0.15, -0.1) is 0 Å². The zero-order chi connectivity index (χ0) is 26.3. The van der Waals surface area contributed by atoms with Crippen LogP contribution in [0.3, 0.4) is 0 Å². The molecule has 0 aliphatic rings. The smallest absolute Gasteiger partial charge is 0.333 e. The maximum atomic E-state index is 12.6. The van der Waals surface area contributed by atoms with E-state index in [-0.39, 0.29) is 12.5 Å². The first kappa shape index (κ1) is 29.5. The average Bonchev–Trinajstić information content (AvgIpc) is 2.84. The van der Waals surface area contributed by atoms with E-state index in [1.807, 2.05) is 19.1 Å². The van der Waals surface area contributed by atoms with Crippen LogP contribution in [0, 0.1) is 0 Å².